The molecule has 0 aliphatic heterocycles. The molecule has 1 N–H and O–H groups in total. The lowest BCUT2D eigenvalue weighted by atomic mass is 10.4. The molecule has 0 spiro atoms. The summed E-state index contributed by atoms with van der Waals surface area (Å²) in [7, 11) is 0.557. The van der Waals surface area contributed by atoms with Crippen molar-refractivity contribution in [3.05, 3.63) is 11.8 Å². The molecular formula is C8H17NO2Si. The van der Waals surface area contributed by atoms with Crippen molar-refractivity contribution in [3.63, 3.8) is 0 Å². The molecule has 0 atom stereocenters. The second-order valence-electron chi connectivity index (χ2n) is 3.85. The number of hydrogen-bond donors (Lipinski definition) is 1. The third-order valence-electron chi connectivity index (χ3n) is 1.87. The SMILES string of the molecule is C/C(=C/C(=O)O)N(C)[Si](C)(C)C. The van der Waals surface area contributed by atoms with E-state index < -0.39 is 14.2 Å². The van der Waals surface area contributed by atoms with Gasteiger partial charge in [-0.15, -0.1) is 0 Å². The standard InChI is InChI=1S/C8H17NO2Si/c1-7(6-8(10)11)9(2)12(3,4)5/h6H,1-5H3,(H,10,11)/b7-6-. The molecule has 0 aromatic carbocycles. The van der Waals surface area contributed by atoms with Crippen LogP contribution in [0.25, 0.3) is 0 Å². The number of nitrogens with zero attached hydrogens (tertiary/aromatic N) is 1. The van der Waals surface area contributed by atoms with Gasteiger partial charge in [-0.05, 0) is 14.0 Å². The van der Waals surface area contributed by atoms with Crippen LogP contribution in [-0.2, 0) is 4.79 Å². The van der Waals surface area contributed by atoms with Crippen LogP contribution in [0.15, 0.2) is 11.8 Å². The van der Waals surface area contributed by atoms with Crippen LogP contribution in [0.4, 0.5) is 0 Å². The maximum Gasteiger partial charge on any atom is 0.330 e. The zero-order valence-corrected chi connectivity index (χ0v) is 9.38. The fourth-order valence-electron chi connectivity index (χ4n) is 0.805. The van der Waals surface area contributed by atoms with Crippen LogP contribution in [0.3, 0.4) is 0 Å². The van der Waals surface area contributed by atoms with Crippen molar-refractivity contribution in [1.29, 1.82) is 0 Å². The van der Waals surface area contributed by atoms with Gasteiger partial charge < -0.3 is 9.67 Å². The Morgan fingerprint density at radius 2 is 1.83 bits per heavy atom. The van der Waals surface area contributed by atoms with Gasteiger partial charge in [-0.2, -0.15) is 0 Å². The van der Waals surface area contributed by atoms with E-state index in [4.69, 9.17) is 5.11 Å². The number of allylic oxidation sites excluding steroid dienone is 1. The summed E-state index contributed by atoms with van der Waals surface area (Å²) in [4.78, 5) is 10.4. The van der Waals surface area contributed by atoms with Gasteiger partial charge in [0.2, 0.25) is 0 Å². The van der Waals surface area contributed by atoms with E-state index in [2.05, 4.69) is 24.2 Å². The van der Waals surface area contributed by atoms with Crippen LogP contribution in [0.5, 0.6) is 0 Å². The summed E-state index contributed by atoms with van der Waals surface area (Å²) in [5.41, 5.74) is 0.821. The summed E-state index contributed by atoms with van der Waals surface area (Å²) in [6.07, 6.45) is 1.25. The number of rotatable bonds is 3. The predicted molar refractivity (Wildman–Crippen MR) is 52.5 cm³/mol. The summed E-state index contributed by atoms with van der Waals surface area (Å²) < 4.78 is 2.07. The molecule has 0 saturated heterocycles. The first kappa shape index (κ1) is 11.2. The molecule has 0 fully saturated rings. The van der Waals surface area contributed by atoms with Crippen LogP contribution in [0.1, 0.15) is 6.92 Å². The molecule has 12 heavy (non-hydrogen) atoms. The maximum atomic E-state index is 10.4. The van der Waals surface area contributed by atoms with E-state index in [-0.39, 0.29) is 0 Å². The van der Waals surface area contributed by atoms with Gasteiger partial charge in [0.25, 0.3) is 0 Å². The monoisotopic (exact) mass is 187 g/mol. The first-order chi connectivity index (χ1) is 5.25. The van der Waals surface area contributed by atoms with E-state index >= 15 is 0 Å². The van der Waals surface area contributed by atoms with E-state index in [1.165, 1.54) is 6.08 Å². The minimum Gasteiger partial charge on any atom is -0.478 e. The third-order valence-corrected chi connectivity index (χ3v) is 4.23. The van der Waals surface area contributed by atoms with Crippen LogP contribution >= 0.6 is 0 Å². The third kappa shape index (κ3) is 3.57. The topological polar surface area (TPSA) is 40.5 Å². The molecule has 3 nitrogen and oxygen atoms in total. The van der Waals surface area contributed by atoms with Gasteiger partial charge in [0.15, 0.2) is 0 Å². The highest BCUT2D eigenvalue weighted by molar-refractivity contribution is 6.73. The lowest BCUT2D eigenvalue weighted by molar-refractivity contribution is -0.131. The van der Waals surface area contributed by atoms with E-state index in [1.807, 2.05) is 14.0 Å². The van der Waals surface area contributed by atoms with Gasteiger partial charge in [-0.25, -0.2) is 4.79 Å². The molecule has 0 unspecified atom stereocenters. The summed E-state index contributed by atoms with van der Waals surface area (Å²) in [5, 5.41) is 8.51. The molecular weight excluding hydrogens is 170 g/mol. The Balaban J connectivity index is 4.50. The summed E-state index contributed by atoms with van der Waals surface area (Å²) in [6.45, 7) is 8.34. The molecule has 0 rings (SSSR count). The van der Waals surface area contributed by atoms with Crippen molar-refractivity contribution in [3.8, 4) is 0 Å². The molecule has 70 valence electrons. The smallest absolute Gasteiger partial charge is 0.330 e. The van der Waals surface area contributed by atoms with Gasteiger partial charge in [0.1, 0.15) is 8.24 Å². The Morgan fingerprint density at radius 1 is 1.42 bits per heavy atom. The van der Waals surface area contributed by atoms with Crippen molar-refractivity contribution >= 4 is 14.2 Å². The van der Waals surface area contributed by atoms with Gasteiger partial charge in [-0.3, -0.25) is 0 Å². The summed E-state index contributed by atoms with van der Waals surface area (Å²) >= 11 is 0. The summed E-state index contributed by atoms with van der Waals surface area (Å²) in [6, 6.07) is 0. The summed E-state index contributed by atoms with van der Waals surface area (Å²) in [5.74, 6) is -0.877. The second-order valence-corrected chi connectivity index (χ2v) is 8.87. The number of carboxylic acid groups (broad SMARTS) is 1. The van der Waals surface area contributed by atoms with Gasteiger partial charge in [-0.1, -0.05) is 19.6 Å². The minimum absolute atomic E-state index is 0.821. The number of hydrogen-bond acceptors (Lipinski definition) is 2. The average molecular weight is 187 g/mol. The fraction of sp³-hybridized carbons (Fsp3) is 0.625. The number of aliphatic carboxylic acids is 1. The van der Waals surface area contributed by atoms with Crippen molar-refractivity contribution in [1.82, 2.24) is 4.57 Å². The highest BCUT2D eigenvalue weighted by atomic mass is 28.3. The number of carbonyl (C=O) groups is 1. The highest BCUT2D eigenvalue weighted by Gasteiger charge is 2.20. The van der Waals surface area contributed by atoms with Crippen molar-refractivity contribution < 1.29 is 9.90 Å². The Bertz CT molecular complexity index is 206. The predicted octanol–water partition coefficient (Wildman–Crippen LogP) is 1.74. The van der Waals surface area contributed by atoms with Crippen molar-refractivity contribution in [2.45, 2.75) is 26.6 Å². The lowest BCUT2D eigenvalue weighted by Gasteiger charge is -2.32. The van der Waals surface area contributed by atoms with E-state index in [1.54, 1.807) is 0 Å². The first-order valence-electron chi connectivity index (χ1n) is 3.90. The second kappa shape index (κ2) is 3.76. The molecule has 0 radical (unpaired) electrons. The Labute approximate surface area is 74.8 Å². The first-order valence-corrected chi connectivity index (χ1v) is 7.35. The lowest BCUT2D eigenvalue weighted by Crippen LogP contribution is -2.41. The average Bonchev–Trinajstić information content (AvgIpc) is 1.82. The van der Waals surface area contributed by atoms with Gasteiger partial charge in [0.05, 0.1) is 0 Å². The van der Waals surface area contributed by atoms with Crippen molar-refractivity contribution in [2.75, 3.05) is 7.05 Å². The highest BCUT2D eigenvalue weighted by Crippen LogP contribution is 2.12. The van der Waals surface area contributed by atoms with Gasteiger partial charge >= 0.3 is 5.97 Å². The zero-order chi connectivity index (χ0) is 9.94. The van der Waals surface area contributed by atoms with Gasteiger partial charge in [0, 0.05) is 11.8 Å². The maximum absolute atomic E-state index is 10.4. The normalized spacial score (nSPS) is 12.9. The van der Waals surface area contributed by atoms with Crippen molar-refractivity contribution in [2.24, 2.45) is 0 Å². The largest absolute Gasteiger partial charge is 0.478 e. The molecule has 0 aliphatic carbocycles. The van der Waals surface area contributed by atoms with E-state index in [0.29, 0.717) is 0 Å². The molecule has 0 aromatic rings. The molecule has 0 amide bonds. The molecule has 4 heteroatoms. The molecule has 0 saturated carbocycles. The molecule has 0 bridgehead atoms. The Kier molecular flexibility index (Phi) is 3.51. The molecule has 0 heterocycles. The van der Waals surface area contributed by atoms with Crippen LogP contribution < -0.4 is 0 Å². The number of carboxylic acids is 1. The van der Waals surface area contributed by atoms with Crippen LogP contribution in [0.2, 0.25) is 19.6 Å². The molecule has 0 aliphatic rings. The van der Waals surface area contributed by atoms with Crippen LogP contribution in [-0.4, -0.2) is 30.9 Å². The Morgan fingerprint density at radius 3 is 2.08 bits per heavy atom. The zero-order valence-electron chi connectivity index (χ0n) is 8.38. The fourth-order valence-corrected chi connectivity index (χ4v) is 1.93. The van der Waals surface area contributed by atoms with E-state index in [0.717, 1.165) is 5.70 Å². The van der Waals surface area contributed by atoms with E-state index in [9.17, 15) is 4.79 Å². The Hall–Kier alpha value is -0.773. The molecule has 0 aromatic heterocycles. The quantitative estimate of drug-likeness (QED) is 0.540. The van der Waals surface area contributed by atoms with Crippen LogP contribution in [0, 0.1) is 0 Å². The minimum atomic E-state index is -1.39.